The average molecular weight is 390 g/mol. The number of carbonyl (C=O) groups is 1. The zero-order valence-corrected chi connectivity index (χ0v) is 16.6. The van der Waals surface area contributed by atoms with Gasteiger partial charge >= 0.3 is 0 Å². The lowest BCUT2D eigenvalue weighted by atomic mass is 10.0. The van der Waals surface area contributed by atoms with Crippen molar-refractivity contribution in [1.29, 1.82) is 5.26 Å². The highest BCUT2D eigenvalue weighted by Gasteiger charge is 2.19. The van der Waals surface area contributed by atoms with Gasteiger partial charge in [-0.2, -0.15) is 5.26 Å². The second-order valence-corrected chi connectivity index (χ2v) is 7.33. The van der Waals surface area contributed by atoms with Gasteiger partial charge in [0.2, 0.25) is 0 Å². The number of aromatic hydroxyl groups is 1. The SMILES string of the molecule is Cc1cc(O)ccc1NC(=O)/C(C#N)=C\NC1CCN(Cc2ccccc2)CC1. The van der Waals surface area contributed by atoms with E-state index in [1.807, 2.05) is 12.1 Å². The highest BCUT2D eigenvalue weighted by atomic mass is 16.3. The Balaban J connectivity index is 1.50. The lowest BCUT2D eigenvalue weighted by Gasteiger charge is -2.32. The lowest BCUT2D eigenvalue weighted by molar-refractivity contribution is -0.112. The van der Waals surface area contributed by atoms with Crippen molar-refractivity contribution in [2.45, 2.75) is 32.4 Å². The van der Waals surface area contributed by atoms with E-state index in [2.05, 4.69) is 39.8 Å². The molecule has 0 bridgehead atoms. The van der Waals surface area contributed by atoms with Crippen LogP contribution in [0.5, 0.6) is 5.75 Å². The van der Waals surface area contributed by atoms with Gasteiger partial charge in [-0.1, -0.05) is 30.3 Å². The van der Waals surface area contributed by atoms with Crippen LogP contribution in [0.3, 0.4) is 0 Å². The molecular formula is C23H26N4O2. The van der Waals surface area contributed by atoms with E-state index in [1.165, 1.54) is 17.8 Å². The Bertz CT molecular complexity index is 910. The quantitative estimate of drug-likeness (QED) is 0.400. The second kappa shape index (κ2) is 9.76. The molecule has 6 heteroatoms. The molecule has 0 atom stereocenters. The summed E-state index contributed by atoms with van der Waals surface area (Å²) in [5.41, 5.74) is 2.65. The smallest absolute Gasteiger partial charge is 0.267 e. The van der Waals surface area contributed by atoms with Crippen LogP contribution in [0.1, 0.15) is 24.0 Å². The van der Waals surface area contributed by atoms with E-state index >= 15 is 0 Å². The molecule has 0 radical (unpaired) electrons. The lowest BCUT2D eigenvalue weighted by Crippen LogP contribution is -2.40. The number of likely N-dealkylation sites (tertiary alicyclic amines) is 1. The third-order valence-electron chi connectivity index (χ3n) is 5.12. The summed E-state index contributed by atoms with van der Waals surface area (Å²) in [7, 11) is 0. The standard InChI is InChI=1S/C23H26N4O2/c1-17-13-21(28)7-8-22(17)26-23(29)19(14-24)15-25-20-9-11-27(12-10-20)16-18-5-3-2-4-6-18/h2-8,13,15,20,25,28H,9-12,16H2,1H3,(H,26,29)/b19-15-. The van der Waals surface area contributed by atoms with Gasteiger partial charge in [-0.15, -0.1) is 0 Å². The van der Waals surface area contributed by atoms with E-state index in [9.17, 15) is 15.2 Å². The van der Waals surface area contributed by atoms with E-state index in [0.29, 0.717) is 5.69 Å². The molecule has 0 spiro atoms. The minimum atomic E-state index is -0.463. The molecule has 1 fully saturated rings. The van der Waals surface area contributed by atoms with Crippen LogP contribution in [0.4, 0.5) is 5.69 Å². The van der Waals surface area contributed by atoms with E-state index in [-0.39, 0.29) is 17.4 Å². The number of nitriles is 1. The van der Waals surface area contributed by atoms with Crippen LogP contribution in [0.25, 0.3) is 0 Å². The Morgan fingerprint density at radius 3 is 2.62 bits per heavy atom. The van der Waals surface area contributed by atoms with Gasteiger partial charge in [-0.3, -0.25) is 9.69 Å². The Morgan fingerprint density at radius 2 is 1.97 bits per heavy atom. The summed E-state index contributed by atoms with van der Waals surface area (Å²) in [5.74, 6) is -0.327. The first-order valence-corrected chi connectivity index (χ1v) is 9.78. The number of piperidine rings is 1. The number of amides is 1. The van der Waals surface area contributed by atoms with Crippen LogP contribution in [0.2, 0.25) is 0 Å². The van der Waals surface area contributed by atoms with Crippen LogP contribution in [-0.2, 0) is 11.3 Å². The number of phenolic OH excluding ortho intramolecular Hbond substituents is 1. The number of aryl methyl sites for hydroxylation is 1. The fourth-order valence-corrected chi connectivity index (χ4v) is 3.43. The fraction of sp³-hybridized carbons (Fsp3) is 0.304. The minimum Gasteiger partial charge on any atom is -0.508 e. The maximum Gasteiger partial charge on any atom is 0.267 e. The molecule has 0 aromatic heterocycles. The van der Waals surface area contributed by atoms with E-state index in [1.54, 1.807) is 19.1 Å². The van der Waals surface area contributed by atoms with Gasteiger partial charge < -0.3 is 15.7 Å². The van der Waals surface area contributed by atoms with E-state index in [4.69, 9.17) is 0 Å². The molecule has 1 heterocycles. The molecule has 3 rings (SSSR count). The molecular weight excluding hydrogens is 364 g/mol. The molecule has 2 aromatic carbocycles. The first-order chi connectivity index (χ1) is 14.0. The second-order valence-electron chi connectivity index (χ2n) is 7.33. The molecule has 0 saturated carbocycles. The minimum absolute atomic E-state index is 0.0317. The van der Waals surface area contributed by atoms with Crippen molar-refractivity contribution in [3.63, 3.8) is 0 Å². The molecule has 1 saturated heterocycles. The first-order valence-electron chi connectivity index (χ1n) is 9.78. The summed E-state index contributed by atoms with van der Waals surface area (Å²) in [6, 6.07) is 17.3. The number of rotatable bonds is 6. The van der Waals surface area contributed by atoms with Crippen LogP contribution in [0, 0.1) is 18.3 Å². The van der Waals surface area contributed by atoms with Crippen molar-refractivity contribution in [2.24, 2.45) is 0 Å². The topological polar surface area (TPSA) is 88.4 Å². The maximum absolute atomic E-state index is 12.4. The van der Waals surface area contributed by atoms with E-state index < -0.39 is 5.91 Å². The highest BCUT2D eigenvalue weighted by Crippen LogP contribution is 2.20. The monoisotopic (exact) mass is 390 g/mol. The molecule has 1 amide bonds. The normalized spacial score (nSPS) is 15.5. The molecule has 1 aliphatic heterocycles. The van der Waals surface area contributed by atoms with Gasteiger partial charge in [0.1, 0.15) is 17.4 Å². The van der Waals surface area contributed by atoms with E-state index in [0.717, 1.165) is 38.0 Å². The van der Waals surface area contributed by atoms with Crippen molar-refractivity contribution in [1.82, 2.24) is 10.2 Å². The van der Waals surface area contributed by atoms with Gasteiger partial charge in [0.05, 0.1) is 0 Å². The van der Waals surface area contributed by atoms with Crippen LogP contribution in [-0.4, -0.2) is 35.0 Å². The predicted octanol–water partition coefficient (Wildman–Crippen LogP) is 3.30. The number of hydrogen-bond acceptors (Lipinski definition) is 5. The summed E-state index contributed by atoms with van der Waals surface area (Å²) in [6.45, 7) is 4.68. The molecule has 3 N–H and O–H groups in total. The molecule has 150 valence electrons. The molecule has 2 aromatic rings. The summed E-state index contributed by atoms with van der Waals surface area (Å²) >= 11 is 0. The van der Waals surface area contributed by atoms with Gasteiger partial charge in [-0.05, 0) is 49.1 Å². The van der Waals surface area contributed by atoms with Crippen molar-refractivity contribution < 1.29 is 9.90 Å². The average Bonchev–Trinajstić information content (AvgIpc) is 2.72. The number of phenols is 1. The summed E-state index contributed by atoms with van der Waals surface area (Å²) in [4.78, 5) is 14.8. The maximum atomic E-state index is 12.4. The zero-order valence-electron chi connectivity index (χ0n) is 16.6. The van der Waals surface area contributed by atoms with Crippen molar-refractivity contribution in [2.75, 3.05) is 18.4 Å². The summed E-state index contributed by atoms with van der Waals surface area (Å²) in [5, 5.41) is 24.8. The number of anilines is 1. The van der Waals surface area contributed by atoms with Crippen molar-refractivity contribution in [3.8, 4) is 11.8 Å². The number of hydrogen-bond donors (Lipinski definition) is 3. The van der Waals surface area contributed by atoms with Gasteiger partial charge in [0, 0.05) is 37.6 Å². The Kier molecular flexibility index (Phi) is 6.88. The molecule has 6 nitrogen and oxygen atoms in total. The van der Waals surface area contributed by atoms with Crippen LogP contribution < -0.4 is 10.6 Å². The summed E-state index contributed by atoms with van der Waals surface area (Å²) in [6.07, 6.45) is 3.43. The Labute approximate surface area is 171 Å². The molecule has 0 aliphatic carbocycles. The highest BCUT2D eigenvalue weighted by molar-refractivity contribution is 6.06. The van der Waals surface area contributed by atoms with Crippen LogP contribution in [0.15, 0.2) is 60.3 Å². The van der Waals surface area contributed by atoms with Crippen LogP contribution >= 0.6 is 0 Å². The molecule has 0 unspecified atom stereocenters. The fourth-order valence-electron chi connectivity index (χ4n) is 3.43. The van der Waals surface area contributed by atoms with Crippen molar-refractivity contribution in [3.05, 3.63) is 71.4 Å². The number of nitrogens with one attached hydrogen (secondary N) is 2. The van der Waals surface area contributed by atoms with Gasteiger partial charge in [0.15, 0.2) is 0 Å². The number of carbonyl (C=O) groups excluding carboxylic acids is 1. The Morgan fingerprint density at radius 1 is 1.24 bits per heavy atom. The third-order valence-corrected chi connectivity index (χ3v) is 5.12. The molecule has 1 aliphatic rings. The van der Waals surface area contributed by atoms with Crippen molar-refractivity contribution >= 4 is 11.6 Å². The Hall–Kier alpha value is -3.30. The van der Waals surface area contributed by atoms with Gasteiger partial charge in [-0.25, -0.2) is 0 Å². The largest absolute Gasteiger partial charge is 0.508 e. The summed E-state index contributed by atoms with van der Waals surface area (Å²) < 4.78 is 0. The third kappa shape index (κ3) is 5.84. The number of nitrogens with zero attached hydrogens (tertiary/aromatic N) is 2. The first kappa shape index (κ1) is 20.4. The van der Waals surface area contributed by atoms with Gasteiger partial charge in [0.25, 0.3) is 5.91 Å². The predicted molar refractivity (Wildman–Crippen MR) is 113 cm³/mol. The number of benzene rings is 2. The zero-order chi connectivity index (χ0) is 20.6. The molecule has 29 heavy (non-hydrogen) atoms.